The minimum absolute atomic E-state index is 0.00175. The third-order valence-corrected chi connectivity index (χ3v) is 6.32. The summed E-state index contributed by atoms with van der Waals surface area (Å²) in [6, 6.07) is 10.7. The Kier molecular flexibility index (Phi) is 7.08. The van der Waals surface area contributed by atoms with Gasteiger partial charge in [0.2, 0.25) is 5.91 Å². The van der Waals surface area contributed by atoms with Crippen molar-refractivity contribution in [2.24, 2.45) is 0 Å². The largest absolute Gasteiger partial charge is 0.497 e. The summed E-state index contributed by atoms with van der Waals surface area (Å²) >= 11 is 0. The highest BCUT2D eigenvalue weighted by atomic mass is 16.5. The quantitative estimate of drug-likeness (QED) is 0.578. The van der Waals surface area contributed by atoms with E-state index in [-0.39, 0.29) is 24.1 Å². The predicted molar refractivity (Wildman–Crippen MR) is 127 cm³/mol. The number of likely N-dealkylation sites (tertiary alicyclic amines) is 1. The Hall–Kier alpha value is -3.99. The molecule has 0 aliphatic carbocycles. The van der Waals surface area contributed by atoms with E-state index in [2.05, 4.69) is 20.6 Å². The Balaban J connectivity index is 1.30. The van der Waals surface area contributed by atoms with Crippen molar-refractivity contribution in [3.05, 3.63) is 65.7 Å². The van der Waals surface area contributed by atoms with Crippen molar-refractivity contribution in [3.8, 4) is 11.5 Å². The number of aryl methyl sites for hydroxylation is 1. The topological polar surface area (TPSA) is 121 Å². The zero-order valence-corrected chi connectivity index (χ0v) is 20.0. The van der Waals surface area contributed by atoms with E-state index in [0.717, 1.165) is 11.3 Å². The first kappa shape index (κ1) is 23.7. The Labute approximate surface area is 208 Å². The van der Waals surface area contributed by atoms with E-state index in [0.29, 0.717) is 50.5 Å². The van der Waals surface area contributed by atoms with E-state index >= 15 is 0 Å². The average Bonchev–Trinajstić information content (AvgIpc) is 3.53. The average molecular weight is 493 g/mol. The van der Waals surface area contributed by atoms with Gasteiger partial charge in [0.1, 0.15) is 18.1 Å². The van der Waals surface area contributed by atoms with Gasteiger partial charge in [-0.05, 0) is 36.2 Å². The molecule has 0 radical (unpaired) electrons. The second-order valence-corrected chi connectivity index (χ2v) is 8.75. The van der Waals surface area contributed by atoms with E-state index in [1.807, 2.05) is 24.3 Å². The molecule has 2 aliphatic heterocycles. The summed E-state index contributed by atoms with van der Waals surface area (Å²) in [5, 5.41) is 11.3. The third kappa shape index (κ3) is 5.46. The molecule has 1 fully saturated rings. The summed E-state index contributed by atoms with van der Waals surface area (Å²) in [5.74, 6) is 0.794. The number of pyridine rings is 1. The minimum atomic E-state index is -0.407. The van der Waals surface area contributed by atoms with Gasteiger partial charge >= 0.3 is 0 Å². The van der Waals surface area contributed by atoms with E-state index in [1.54, 1.807) is 41.2 Å². The van der Waals surface area contributed by atoms with Crippen LogP contribution in [0.4, 0.5) is 0 Å². The normalized spacial score (nSPS) is 19.9. The fraction of sp³-hybridized carbons (Fsp3) is 0.400. The fourth-order valence-corrected chi connectivity index (χ4v) is 4.36. The summed E-state index contributed by atoms with van der Waals surface area (Å²) in [5.41, 5.74) is 1.91. The summed E-state index contributed by atoms with van der Waals surface area (Å²) in [6.45, 7) is 1.70. The number of nitrogens with zero attached hydrogens (tertiary/aromatic N) is 5. The highest BCUT2D eigenvalue weighted by Crippen LogP contribution is 2.21. The lowest BCUT2D eigenvalue weighted by molar-refractivity contribution is -0.130. The molecule has 11 nitrogen and oxygen atoms in total. The zero-order valence-electron chi connectivity index (χ0n) is 20.0. The first-order chi connectivity index (χ1) is 17.6. The van der Waals surface area contributed by atoms with Crippen LogP contribution in [0.15, 0.2) is 48.8 Å². The second-order valence-electron chi connectivity index (χ2n) is 8.75. The molecule has 0 unspecified atom stereocenters. The number of rotatable bonds is 4. The molecule has 11 heteroatoms. The van der Waals surface area contributed by atoms with Crippen LogP contribution in [0.3, 0.4) is 0 Å². The van der Waals surface area contributed by atoms with Gasteiger partial charge in [0.15, 0.2) is 11.4 Å². The van der Waals surface area contributed by atoms with Crippen LogP contribution in [-0.4, -0.2) is 75.6 Å². The maximum absolute atomic E-state index is 13.1. The van der Waals surface area contributed by atoms with Crippen molar-refractivity contribution < 1.29 is 23.8 Å². The van der Waals surface area contributed by atoms with Crippen LogP contribution in [0.25, 0.3) is 0 Å². The number of hydrogen-bond acceptors (Lipinski definition) is 8. The smallest absolute Gasteiger partial charge is 0.274 e. The van der Waals surface area contributed by atoms with Gasteiger partial charge in [0.25, 0.3) is 5.91 Å². The number of aromatic nitrogens is 4. The van der Waals surface area contributed by atoms with Crippen molar-refractivity contribution in [3.63, 3.8) is 0 Å². The lowest BCUT2D eigenvalue weighted by Crippen LogP contribution is -2.44. The summed E-state index contributed by atoms with van der Waals surface area (Å²) in [4.78, 5) is 32.1. The van der Waals surface area contributed by atoms with Crippen molar-refractivity contribution in [1.29, 1.82) is 0 Å². The van der Waals surface area contributed by atoms with Gasteiger partial charge in [0, 0.05) is 25.7 Å². The summed E-state index contributed by atoms with van der Waals surface area (Å²) in [7, 11) is 1.62. The van der Waals surface area contributed by atoms with Crippen molar-refractivity contribution >= 4 is 11.8 Å². The number of nitrogens with one attached hydrogen (secondary N) is 1. The Morgan fingerprint density at radius 3 is 2.92 bits per heavy atom. The molecule has 3 aromatic rings. The van der Waals surface area contributed by atoms with E-state index in [9.17, 15) is 9.59 Å². The third-order valence-electron chi connectivity index (χ3n) is 6.32. The molecule has 36 heavy (non-hydrogen) atoms. The predicted octanol–water partition coefficient (Wildman–Crippen LogP) is 1.23. The number of methoxy groups -OCH3 is 1. The number of fused-ring (bicyclic) bond motifs is 4. The lowest BCUT2D eigenvalue weighted by Gasteiger charge is -2.20. The van der Waals surface area contributed by atoms with Crippen LogP contribution in [0, 0.1) is 0 Å². The first-order valence-corrected chi connectivity index (χ1v) is 11.9. The van der Waals surface area contributed by atoms with Gasteiger partial charge in [-0.1, -0.05) is 17.3 Å². The monoisotopic (exact) mass is 492 g/mol. The molecule has 2 atom stereocenters. The number of carbonyl (C=O) groups excluding carboxylic acids is 2. The van der Waals surface area contributed by atoms with Gasteiger partial charge in [-0.15, -0.1) is 5.10 Å². The molecule has 4 heterocycles. The molecule has 5 rings (SSSR count). The number of benzene rings is 1. The highest BCUT2D eigenvalue weighted by Gasteiger charge is 2.37. The van der Waals surface area contributed by atoms with Crippen LogP contribution < -0.4 is 14.8 Å². The van der Waals surface area contributed by atoms with E-state index in [1.165, 1.54) is 0 Å². The number of carbonyl (C=O) groups is 2. The van der Waals surface area contributed by atoms with Gasteiger partial charge in [0.05, 0.1) is 38.6 Å². The molecule has 188 valence electrons. The van der Waals surface area contributed by atoms with Crippen LogP contribution in [0.1, 0.15) is 28.2 Å². The van der Waals surface area contributed by atoms with Crippen LogP contribution in [0.5, 0.6) is 11.5 Å². The fourth-order valence-electron chi connectivity index (χ4n) is 4.36. The highest BCUT2D eigenvalue weighted by molar-refractivity contribution is 5.95. The van der Waals surface area contributed by atoms with Crippen LogP contribution >= 0.6 is 0 Å². The number of hydrogen-bond donors (Lipinski definition) is 1. The Morgan fingerprint density at radius 1 is 1.22 bits per heavy atom. The summed E-state index contributed by atoms with van der Waals surface area (Å²) < 4.78 is 18.8. The van der Waals surface area contributed by atoms with Crippen LogP contribution in [0.2, 0.25) is 0 Å². The molecule has 0 saturated carbocycles. The molecule has 2 aromatic heterocycles. The maximum atomic E-state index is 13.1. The SMILES string of the molecule is COc1ccc(CCC(=O)N2C[C@@H]3NC(=O)c4ncccc4OCCn4cc(nn4)CO[C@H]3C2)cc1. The molecular formula is C25H28N6O5. The second kappa shape index (κ2) is 10.7. The summed E-state index contributed by atoms with van der Waals surface area (Å²) in [6.07, 6.45) is 3.91. The van der Waals surface area contributed by atoms with Crippen molar-refractivity contribution in [2.45, 2.75) is 38.1 Å². The molecule has 2 aliphatic rings. The molecular weight excluding hydrogens is 464 g/mol. The van der Waals surface area contributed by atoms with Crippen molar-refractivity contribution in [1.82, 2.24) is 30.2 Å². The van der Waals surface area contributed by atoms with Gasteiger partial charge in [-0.25, -0.2) is 9.67 Å². The molecule has 1 aromatic carbocycles. The van der Waals surface area contributed by atoms with Gasteiger partial charge in [-0.2, -0.15) is 0 Å². The van der Waals surface area contributed by atoms with Gasteiger partial charge in [-0.3, -0.25) is 9.59 Å². The van der Waals surface area contributed by atoms with Gasteiger partial charge < -0.3 is 24.4 Å². The Bertz CT molecular complexity index is 1210. The van der Waals surface area contributed by atoms with Crippen molar-refractivity contribution in [2.75, 3.05) is 26.8 Å². The Morgan fingerprint density at radius 2 is 2.08 bits per heavy atom. The number of amides is 2. The molecule has 2 bridgehead atoms. The van der Waals surface area contributed by atoms with Crippen LogP contribution in [-0.2, 0) is 29.1 Å². The zero-order chi connectivity index (χ0) is 24.9. The maximum Gasteiger partial charge on any atom is 0.274 e. The molecule has 0 spiro atoms. The molecule has 2 amide bonds. The lowest BCUT2D eigenvalue weighted by atomic mass is 10.1. The van der Waals surface area contributed by atoms with E-state index < -0.39 is 12.1 Å². The standard InChI is InChI=1S/C25H28N6O5/c1-34-19-7-4-17(5-8-19)6-9-23(32)30-14-20-22(15-30)36-16-18-13-31(29-28-18)11-12-35-21-3-2-10-26-24(21)25(33)27-20/h2-5,7-8,10,13,20,22H,6,9,11-12,14-16H2,1H3,(H,27,33)/t20-,22-/m0/s1. The molecule has 1 saturated heterocycles. The first-order valence-electron chi connectivity index (χ1n) is 11.9. The van der Waals surface area contributed by atoms with E-state index in [4.69, 9.17) is 14.2 Å². The number of ether oxygens (including phenoxy) is 3. The minimum Gasteiger partial charge on any atom is -0.497 e. The molecule has 1 N–H and O–H groups in total.